The number of fused-ring (bicyclic) bond motifs is 8. The molecule has 0 aromatic heterocycles. The molecule has 14 fully saturated rings. The summed E-state index contributed by atoms with van der Waals surface area (Å²) in [4.78, 5) is 53.9. The number of morpholine rings is 2. The van der Waals surface area contributed by atoms with Gasteiger partial charge in [-0.05, 0) is 299 Å². The standard InChI is InChI=1S/C47H81NO9Si.C41H67NO9.C6H15ClSi.2CH4/c1-15-58(16-2,17-3)57-39-37-36(29(4)26-31(54-37)38(43(11,12)51)53-30(5)49)44(13)22-23-47-28-46(47)21-20-34(42(9,10)32(46)18-19-33(47)45(39,44)14)55-35-27-48(24-25-52-35)40(50)56-41(6,7)8;1-23-20-25(33(37(8,9)46)48-24(2)43)49-31-30(23)38(10)16-17-41-22-40(41)15-14-28(36(6,7)26(40)12-13-27(41)39(38,11)32(31)44)50-29-21-42(18-19-47-29)34(45)51-35(3,4)5;1-4-8(7,5-2)6-3;;/h29,31-39,51H,15-28H2,1-14H3;23,25-33,44,46H,12-22H2,1-11H3;4-6H2,1-3H3;2*1H4/t29-,31-,32+,33+,34+,35+,36+,37+,38+,39+,44-,45-,46?,47+;23-,25-,26+,27+,28+,29+,30+,31+,32+,33+,38-,39-,40?,41+;;;/m11.../s1. The van der Waals surface area contributed by atoms with Gasteiger partial charge in [0, 0.05) is 37.8 Å². The van der Waals surface area contributed by atoms with Gasteiger partial charge in [0.05, 0.1) is 86.3 Å². The molecule has 2 amide bonds. The Hall–Kier alpha value is -2.20. The Morgan fingerprint density at radius 3 is 1.21 bits per heavy atom. The van der Waals surface area contributed by atoms with E-state index < -0.39 is 87.2 Å². The van der Waals surface area contributed by atoms with E-state index in [2.05, 4.69) is 111 Å². The van der Waals surface area contributed by atoms with Crippen LogP contribution in [0.15, 0.2) is 0 Å². The van der Waals surface area contributed by atoms with Gasteiger partial charge < -0.3 is 76.9 Å². The fraction of sp³-hybridized carbons (Fsp3) is 0.958. The van der Waals surface area contributed by atoms with Crippen LogP contribution in [0.2, 0.25) is 36.3 Å². The van der Waals surface area contributed by atoms with Gasteiger partial charge in [-0.3, -0.25) is 9.59 Å². The first-order chi connectivity index (χ1) is 54.1. The van der Waals surface area contributed by atoms with E-state index >= 15 is 0 Å². The molecule has 14 rings (SSSR count). The van der Waals surface area contributed by atoms with E-state index in [1.54, 1.807) is 37.5 Å². The molecule has 4 heterocycles. The minimum Gasteiger partial charge on any atom is -0.457 e. The molecule has 0 aromatic carbocycles. The SMILES string of the molecule is C.C.CC(=O)O[C@@H]([C@H]1C[C@@H](C)[C@H]2[C@H](O1)[C@H](O)[C@@]1(C)[C@@H]3CC[C@H]4C(C)(C)[C@@H](O[C@H]5CN(C(=O)OC(C)(C)C)CCO5)CCC45C[C@@]35CC[C@]21C)C(C)(C)O.CC[Si](CC)(CC)O[C@H]1[C@H]2O[C@@H]([C@H](OC(C)=O)C(C)(C)O)C[C@@H](C)[C@@H]2[C@@]2(C)CC[C@@]34CC35CC[C@H](O[C@H]3CN(C(=O)OC(C)(C)C)CCO3)C(C)(C)[C@@H]5CC[C@H]4[C@]12C.CC[Si](Cl)(CC)CC. The van der Waals surface area contributed by atoms with Crippen LogP contribution in [0.3, 0.4) is 0 Å². The molecular weight excluding hydrogens is 1560 g/mol. The van der Waals surface area contributed by atoms with E-state index in [1.165, 1.54) is 76.9 Å². The van der Waals surface area contributed by atoms with Gasteiger partial charge in [-0.2, -0.15) is 11.1 Å². The first kappa shape index (κ1) is 99.0. The zero-order valence-electron chi connectivity index (χ0n) is 78.1. The van der Waals surface area contributed by atoms with Gasteiger partial charge in [0.2, 0.25) is 0 Å². The molecule has 28 atom stereocenters. The molecule has 3 N–H and O–H groups in total. The Balaban J connectivity index is 0.000000227. The number of rotatable bonds is 18. The highest BCUT2D eigenvalue weighted by Gasteiger charge is 2.87. The average molecular weight is 1730 g/mol. The summed E-state index contributed by atoms with van der Waals surface area (Å²) in [5.41, 5.74) is -3.23. The molecule has 0 aromatic rings. The van der Waals surface area contributed by atoms with Crippen LogP contribution in [0.25, 0.3) is 0 Å². The summed E-state index contributed by atoms with van der Waals surface area (Å²) in [7, 11) is -3.31. The third kappa shape index (κ3) is 16.8. The van der Waals surface area contributed by atoms with Gasteiger partial charge >= 0.3 is 24.1 Å². The maximum absolute atomic E-state index is 13.0. The molecule has 4 aliphatic heterocycles. The highest BCUT2D eigenvalue weighted by Crippen LogP contribution is 2.92. The van der Waals surface area contributed by atoms with Gasteiger partial charge in [0.15, 0.2) is 40.5 Å². The second-order valence-electron chi connectivity index (χ2n) is 45.7. The normalized spacial score (nSPS) is 42.7. The Morgan fingerprint density at radius 2 is 0.857 bits per heavy atom. The molecular formula is C96H171ClN2O18Si2. The molecule has 119 heavy (non-hydrogen) atoms. The maximum Gasteiger partial charge on any atom is 0.410 e. The zero-order chi connectivity index (χ0) is 86.6. The predicted octanol–water partition coefficient (Wildman–Crippen LogP) is 20.5. The van der Waals surface area contributed by atoms with Crippen molar-refractivity contribution < 1.29 is 86.3 Å². The second kappa shape index (κ2) is 34.3. The molecule has 14 aliphatic rings. The highest BCUT2D eigenvalue weighted by molar-refractivity contribution is 7.20. The molecule has 10 saturated carbocycles. The first-order valence-corrected chi connectivity index (χ1v) is 52.9. The van der Waals surface area contributed by atoms with Crippen LogP contribution in [0, 0.1) is 101 Å². The second-order valence-corrected chi connectivity index (χ2v) is 57.3. The fourth-order valence-electron chi connectivity index (χ4n) is 30.1. The third-order valence-corrected chi connectivity index (χ3v) is 47.2. The Kier molecular flexibility index (Phi) is 28.6. The lowest BCUT2D eigenvalue weighted by Crippen LogP contribution is -2.61. The number of carbonyl (C=O) groups excluding carboxylic acids is 4. The molecule has 4 spiro atoms. The largest absolute Gasteiger partial charge is 0.457 e. The predicted molar refractivity (Wildman–Crippen MR) is 473 cm³/mol. The number of nitrogens with zero attached hydrogens (tertiary/aromatic N) is 2. The van der Waals surface area contributed by atoms with Crippen LogP contribution in [0.5, 0.6) is 0 Å². The van der Waals surface area contributed by atoms with Crippen molar-refractivity contribution in [3.05, 3.63) is 0 Å². The van der Waals surface area contributed by atoms with E-state index in [4.69, 9.17) is 62.9 Å². The lowest BCUT2D eigenvalue weighted by Gasteiger charge is -2.64. The van der Waals surface area contributed by atoms with Gasteiger partial charge in [0.25, 0.3) is 0 Å². The molecule has 0 radical (unpaired) electrons. The lowest BCUT2D eigenvalue weighted by atomic mass is 9.41. The van der Waals surface area contributed by atoms with Crippen molar-refractivity contribution in [2.45, 2.75) is 444 Å². The summed E-state index contributed by atoms with van der Waals surface area (Å²) >= 11 is 6.23. The van der Waals surface area contributed by atoms with E-state index in [9.17, 15) is 34.5 Å². The van der Waals surface area contributed by atoms with Crippen LogP contribution in [0.1, 0.15) is 311 Å². The van der Waals surface area contributed by atoms with Crippen molar-refractivity contribution in [3.8, 4) is 0 Å². The number of aliphatic hydroxyl groups is 3. The van der Waals surface area contributed by atoms with Gasteiger partial charge in [0.1, 0.15) is 11.2 Å². The van der Waals surface area contributed by atoms with Crippen molar-refractivity contribution in [3.63, 3.8) is 0 Å². The number of amides is 2. The molecule has 688 valence electrons. The third-order valence-electron chi connectivity index (χ3n) is 36.4. The average Bonchev–Trinajstić information content (AvgIpc) is 1.46. The summed E-state index contributed by atoms with van der Waals surface area (Å²) in [6.45, 7) is 61.7. The van der Waals surface area contributed by atoms with Crippen LogP contribution < -0.4 is 0 Å². The van der Waals surface area contributed by atoms with Gasteiger partial charge in [-0.15, -0.1) is 0 Å². The van der Waals surface area contributed by atoms with Gasteiger partial charge in [-0.25, -0.2) is 9.59 Å². The van der Waals surface area contributed by atoms with Crippen molar-refractivity contribution in [1.82, 2.24) is 9.80 Å². The van der Waals surface area contributed by atoms with Gasteiger partial charge in [-0.1, -0.05) is 126 Å². The number of esters is 2. The summed E-state index contributed by atoms with van der Waals surface area (Å²) < 4.78 is 71.1. The van der Waals surface area contributed by atoms with E-state index in [0.29, 0.717) is 81.3 Å². The Labute approximate surface area is 727 Å². The molecule has 2 unspecified atom stereocenters. The first-order valence-electron chi connectivity index (χ1n) is 46.7. The Morgan fingerprint density at radius 1 is 0.504 bits per heavy atom. The molecule has 4 saturated heterocycles. The summed E-state index contributed by atoms with van der Waals surface area (Å²) in [6, 6.07) is 6.91. The lowest BCUT2D eigenvalue weighted by molar-refractivity contribution is -0.247. The zero-order valence-corrected chi connectivity index (χ0v) is 80.8. The smallest absolute Gasteiger partial charge is 0.410 e. The number of hydrogen-bond acceptors (Lipinski definition) is 18. The molecule has 0 bridgehead atoms. The number of halogens is 1. The minimum atomic E-state index is -2.11. The maximum atomic E-state index is 13.0. The summed E-state index contributed by atoms with van der Waals surface area (Å²) in [5, 5.41) is 35.0. The Bertz CT molecular complexity index is 3530. The number of carbonyl (C=O) groups is 4. The monoisotopic (exact) mass is 1730 g/mol. The minimum absolute atomic E-state index is 0. The van der Waals surface area contributed by atoms with Crippen LogP contribution in [-0.2, 0) is 61.4 Å². The van der Waals surface area contributed by atoms with Crippen molar-refractivity contribution in [2.24, 2.45) is 101 Å². The summed E-state index contributed by atoms with van der Waals surface area (Å²) in [6.07, 6.45) is 12.3. The van der Waals surface area contributed by atoms with Crippen molar-refractivity contribution in [2.75, 3.05) is 39.4 Å². The quantitative estimate of drug-likeness (QED) is 0.0500. The van der Waals surface area contributed by atoms with E-state index in [1.807, 2.05) is 41.5 Å². The summed E-state index contributed by atoms with van der Waals surface area (Å²) in [5.74, 6) is 2.22. The van der Waals surface area contributed by atoms with E-state index in [0.717, 1.165) is 69.5 Å². The van der Waals surface area contributed by atoms with Crippen LogP contribution >= 0.6 is 11.1 Å². The van der Waals surface area contributed by atoms with Crippen LogP contribution in [-0.4, -0.2) is 200 Å². The van der Waals surface area contributed by atoms with Crippen molar-refractivity contribution in [1.29, 1.82) is 0 Å². The molecule has 23 heteroatoms. The molecule has 20 nitrogen and oxygen atoms in total. The number of hydrogen-bond donors (Lipinski definition) is 3. The number of aliphatic hydroxyl groups excluding tert-OH is 1. The van der Waals surface area contributed by atoms with Crippen LogP contribution in [0.4, 0.5) is 9.59 Å². The van der Waals surface area contributed by atoms with E-state index in [-0.39, 0.29) is 130 Å². The fourth-order valence-corrected chi connectivity index (χ4v) is 34.6. The van der Waals surface area contributed by atoms with Crippen molar-refractivity contribution >= 4 is 50.9 Å². The topological polar surface area (TPSA) is 237 Å². The molecule has 10 aliphatic carbocycles. The number of ether oxygens (including phenoxy) is 10. The highest BCUT2D eigenvalue weighted by atomic mass is 35.6.